The molecule has 0 aliphatic heterocycles. The third-order valence-corrected chi connectivity index (χ3v) is 7.97. The second kappa shape index (κ2) is 8.42. The Morgan fingerprint density at radius 2 is 1.67 bits per heavy atom. The van der Waals surface area contributed by atoms with E-state index in [1.54, 1.807) is 12.4 Å². The number of hydrogen-bond donors (Lipinski definition) is 0. The number of aromatic nitrogens is 3. The summed E-state index contributed by atoms with van der Waals surface area (Å²) in [6.07, 6.45) is 7.27. The number of rotatable bonds is 3. The van der Waals surface area contributed by atoms with Gasteiger partial charge in [-0.25, -0.2) is 9.53 Å². The van der Waals surface area contributed by atoms with E-state index in [0.29, 0.717) is 0 Å². The molecule has 5 nitrogen and oxygen atoms in total. The molecule has 0 bridgehead atoms. The van der Waals surface area contributed by atoms with Gasteiger partial charge in [0, 0.05) is 34.9 Å². The molecule has 0 radical (unpaired) electrons. The highest BCUT2D eigenvalue weighted by molar-refractivity contribution is 6.00. The Bertz CT molecular complexity index is 1530. The molecular weight excluding hydrogens is 444 g/mol. The van der Waals surface area contributed by atoms with Crippen LogP contribution in [0.1, 0.15) is 31.5 Å². The van der Waals surface area contributed by atoms with Crippen molar-refractivity contribution in [1.82, 2.24) is 14.8 Å². The minimum absolute atomic E-state index is 0.0352. The summed E-state index contributed by atoms with van der Waals surface area (Å²) in [6, 6.07) is 22.7. The maximum absolute atomic E-state index is 12.9. The summed E-state index contributed by atoms with van der Waals surface area (Å²) in [6.45, 7) is 11.8. The van der Waals surface area contributed by atoms with Gasteiger partial charge in [0.1, 0.15) is 0 Å². The first-order valence-electron chi connectivity index (χ1n) is 12.3. The number of fused-ring (bicyclic) bond motifs is 3. The first-order valence-corrected chi connectivity index (χ1v) is 12.3. The Balaban J connectivity index is 1.57. The molecule has 2 heterocycles. The van der Waals surface area contributed by atoms with Gasteiger partial charge in [0.05, 0.1) is 23.6 Å². The monoisotopic (exact) mass is 470 g/mol. The first kappa shape index (κ1) is 22.2. The van der Waals surface area contributed by atoms with Crippen LogP contribution in [0.4, 0.5) is 0 Å². The average Bonchev–Trinajstić information content (AvgIpc) is 3.33. The van der Waals surface area contributed by atoms with E-state index in [9.17, 15) is 4.79 Å². The molecule has 0 unspecified atom stereocenters. The number of nitrogens with zero attached hydrogens (tertiary/aromatic N) is 4. The lowest BCUT2D eigenvalue weighted by molar-refractivity contribution is -0.121. The fourth-order valence-corrected chi connectivity index (χ4v) is 6.17. The Morgan fingerprint density at radius 3 is 2.36 bits per heavy atom. The number of benzene rings is 2. The maximum Gasteiger partial charge on any atom is 0.226 e. The van der Waals surface area contributed by atoms with E-state index in [2.05, 4.69) is 57.8 Å². The van der Waals surface area contributed by atoms with Gasteiger partial charge in [-0.3, -0.25) is 4.98 Å². The highest BCUT2D eigenvalue weighted by Gasteiger charge is 2.50. The second-order valence-corrected chi connectivity index (χ2v) is 9.96. The predicted octanol–water partition coefficient (Wildman–Crippen LogP) is 6.44. The minimum atomic E-state index is -0.468. The minimum Gasteiger partial charge on any atom is -0.308 e. The maximum atomic E-state index is 12.9. The molecule has 3 atom stereocenters. The molecular formula is C31H26N4O. The average molecular weight is 471 g/mol. The summed E-state index contributed by atoms with van der Waals surface area (Å²) >= 11 is 0. The van der Waals surface area contributed by atoms with Crippen LogP contribution in [0.15, 0.2) is 90.9 Å². The van der Waals surface area contributed by atoms with Gasteiger partial charge in [-0.2, -0.15) is 5.10 Å². The van der Waals surface area contributed by atoms with Gasteiger partial charge in [0.15, 0.2) is 5.78 Å². The lowest BCUT2D eigenvalue weighted by atomic mass is 9.58. The van der Waals surface area contributed by atoms with Gasteiger partial charge in [0.2, 0.25) is 5.70 Å². The SMILES string of the molecule is [C-]#[N+]C1=C[C@@]2(C)c3c(c(-c4ccccc4)nn3-c3ccc(-c4ccncc4)cc3)CC[C@@H]2[C@@H](C)C1=O. The summed E-state index contributed by atoms with van der Waals surface area (Å²) in [5, 5.41) is 5.18. The lowest BCUT2D eigenvalue weighted by Crippen LogP contribution is -2.46. The Hall–Kier alpha value is -4.30. The molecule has 36 heavy (non-hydrogen) atoms. The van der Waals surface area contributed by atoms with E-state index in [1.165, 1.54) is 5.56 Å². The van der Waals surface area contributed by atoms with E-state index < -0.39 is 5.41 Å². The number of ketones is 1. The normalized spacial score (nSPS) is 22.8. The summed E-state index contributed by atoms with van der Waals surface area (Å²) in [4.78, 5) is 20.7. The van der Waals surface area contributed by atoms with Gasteiger partial charge in [-0.1, -0.05) is 62.4 Å². The van der Waals surface area contributed by atoms with Gasteiger partial charge in [-0.05, 0) is 54.2 Å². The van der Waals surface area contributed by atoms with Crippen molar-refractivity contribution in [3.63, 3.8) is 0 Å². The number of carbonyl (C=O) groups is 1. The van der Waals surface area contributed by atoms with Crippen LogP contribution in [0.3, 0.4) is 0 Å². The molecule has 0 amide bonds. The molecule has 0 spiro atoms. The number of allylic oxidation sites excluding steroid dienone is 2. The van der Waals surface area contributed by atoms with Gasteiger partial charge < -0.3 is 4.79 Å². The van der Waals surface area contributed by atoms with Crippen LogP contribution in [0.25, 0.3) is 32.9 Å². The van der Waals surface area contributed by atoms with Gasteiger partial charge in [-0.15, -0.1) is 0 Å². The standard InChI is InChI=1S/C31H26N4O/c1-20-26-14-13-25-28(23-7-5-4-6-8-23)34-35(30(25)31(26,2)19-27(32-3)29(20)36)24-11-9-21(10-12-24)22-15-17-33-18-16-22/h4-12,15-20,26H,13-14H2,1-2H3/t20-,26-,31-/m1/s1. The zero-order valence-corrected chi connectivity index (χ0v) is 20.3. The van der Waals surface area contributed by atoms with Crippen molar-refractivity contribution in [2.75, 3.05) is 0 Å². The van der Waals surface area contributed by atoms with Crippen LogP contribution >= 0.6 is 0 Å². The Kier molecular flexibility index (Phi) is 5.19. The van der Waals surface area contributed by atoms with Crippen LogP contribution < -0.4 is 0 Å². The second-order valence-electron chi connectivity index (χ2n) is 9.96. The quantitative estimate of drug-likeness (QED) is 0.324. The molecule has 0 N–H and O–H groups in total. The fourth-order valence-electron chi connectivity index (χ4n) is 6.17. The lowest BCUT2D eigenvalue weighted by Gasteiger charge is -2.45. The van der Waals surface area contributed by atoms with E-state index in [0.717, 1.165) is 46.6 Å². The molecule has 2 aromatic carbocycles. The molecule has 2 aromatic heterocycles. The van der Waals surface area contributed by atoms with Crippen molar-refractivity contribution in [2.24, 2.45) is 11.8 Å². The van der Waals surface area contributed by atoms with Crippen molar-refractivity contribution >= 4 is 5.78 Å². The topological polar surface area (TPSA) is 52.1 Å². The van der Waals surface area contributed by atoms with Crippen molar-refractivity contribution in [3.8, 4) is 28.1 Å². The fraction of sp³-hybridized carbons (Fsp3) is 0.226. The molecule has 5 heteroatoms. The summed E-state index contributed by atoms with van der Waals surface area (Å²) in [7, 11) is 0. The third-order valence-electron chi connectivity index (χ3n) is 7.97. The number of hydrogen-bond acceptors (Lipinski definition) is 3. The molecule has 0 saturated carbocycles. The van der Waals surface area contributed by atoms with Gasteiger partial charge >= 0.3 is 0 Å². The van der Waals surface area contributed by atoms with Crippen LogP contribution in [0, 0.1) is 18.4 Å². The van der Waals surface area contributed by atoms with E-state index in [1.807, 2.05) is 43.3 Å². The van der Waals surface area contributed by atoms with Crippen molar-refractivity contribution < 1.29 is 4.79 Å². The third kappa shape index (κ3) is 3.33. The van der Waals surface area contributed by atoms with Crippen LogP contribution in [0.2, 0.25) is 0 Å². The number of carbonyl (C=O) groups excluding carboxylic acids is 1. The zero-order valence-electron chi connectivity index (χ0n) is 20.3. The van der Waals surface area contributed by atoms with Crippen LogP contribution in [0.5, 0.6) is 0 Å². The molecule has 0 fully saturated rings. The zero-order chi connectivity index (χ0) is 24.9. The smallest absolute Gasteiger partial charge is 0.226 e. The van der Waals surface area contributed by atoms with Crippen LogP contribution in [-0.4, -0.2) is 20.5 Å². The van der Waals surface area contributed by atoms with E-state index in [-0.39, 0.29) is 23.3 Å². The highest BCUT2D eigenvalue weighted by Crippen LogP contribution is 2.52. The largest absolute Gasteiger partial charge is 0.308 e. The molecule has 0 saturated heterocycles. The summed E-state index contributed by atoms with van der Waals surface area (Å²) < 4.78 is 2.06. The predicted molar refractivity (Wildman–Crippen MR) is 140 cm³/mol. The molecule has 176 valence electrons. The summed E-state index contributed by atoms with van der Waals surface area (Å²) in [5.41, 5.74) is 7.33. The van der Waals surface area contributed by atoms with Gasteiger partial charge in [0.25, 0.3) is 0 Å². The van der Waals surface area contributed by atoms with Crippen LogP contribution in [-0.2, 0) is 16.6 Å². The molecule has 4 aromatic rings. The van der Waals surface area contributed by atoms with Crippen molar-refractivity contribution in [1.29, 1.82) is 0 Å². The number of pyridine rings is 1. The molecule has 6 rings (SSSR count). The summed E-state index contributed by atoms with van der Waals surface area (Å²) in [5.74, 6) is -0.111. The van der Waals surface area contributed by atoms with Crippen molar-refractivity contribution in [2.45, 2.75) is 32.1 Å². The van der Waals surface area contributed by atoms with Crippen molar-refractivity contribution in [3.05, 3.63) is 114 Å². The molecule has 2 aliphatic carbocycles. The Morgan fingerprint density at radius 1 is 0.972 bits per heavy atom. The van der Waals surface area contributed by atoms with E-state index >= 15 is 0 Å². The highest BCUT2D eigenvalue weighted by atomic mass is 16.1. The first-order chi connectivity index (χ1) is 17.5. The molecule has 2 aliphatic rings. The number of Topliss-reactive ketones (excluding diaryl/α,β-unsaturated/α-hetero) is 1. The Labute approximate surface area is 211 Å². The van der Waals surface area contributed by atoms with E-state index in [4.69, 9.17) is 11.7 Å².